The number of carbonyl (C=O) groups is 1. The first-order valence-electron chi connectivity index (χ1n) is 13.7. The average Bonchev–Trinajstić information content (AvgIpc) is 3.30. The Hall–Kier alpha value is -3.01. The molecule has 0 spiro atoms. The van der Waals surface area contributed by atoms with Gasteiger partial charge in [-0.15, -0.1) is 0 Å². The van der Waals surface area contributed by atoms with Gasteiger partial charge in [0.15, 0.2) is 0 Å². The SMILES string of the molecule is O=C(NC1CCCCC1)C(C1CCCCC1)C1(c2ccc3ccccc3c2)Nc2ccccc2N1. The molecule has 3 aromatic carbocycles. The molecule has 3 aromatic rings. The van der Waals surface area contributed by atoms with E-state index in [4.69, 9.17) is 0 Å². The van der Waals surface area contributed by atoms with Gasteiger partial charge in [0, 0.05) is 6.04 Å². The molecule has 1 amide bonds. The zero-order chi connectivity index (χ0) is 23.7. The fourth-order valence-electron chi connectivity index (χ4n) is 6.84. The fraction of sp³-hybridized carbons (Fsp3) is 0.452. The summed E-state index contributed by atoms with van der Waals surface area (Å²) in [6.07, 6.45) is 11.8. The number of rotatable bonds is 5. The van der Waals surface area contributed by atoms with Gasteiger partial charge in [-0.1, -0.05) is 87.1 Å². The lowest BCUT2D eigenvalue weighted by atomic mass is 9.70. The molecule has 1 unspecified atom stereocenters. The molecule has 1 heterocycles. The number of nitrogens with one attached hydrogen (secondary N) is 3. The Morgan fingerprint density at radius 2 is 1.34 bits per heavy atom. The van der Waals surface area contributed by atoms with Crippen molar-refractivity contribution in [1.29, 1.82) is 0 Å². The number of para-hydroxylation sites is 2. The van der Waals surface area contributed by atoms with E-state index in [0.717, 1.165) is 42.6 Å². The molecule has 6 rings (SSSR count). The lowest BCUT2D eigenvalue weighted by Gasteiger charge is -2.44. The first-order chi connectivity index (χ1) is 17.2. The minimum absolute atomic E-state index is 0.196. The summed E-state index contributed by atoms with van der Waals surface area (Å²) in [6.45, 7) is 0. The zero-order valence-corrected chi connectivity index (χ0v) is 20.6. The number of hydrogen-bond donors (Lipinski definition) is 3. The molecule has 3 aliphatic rings. The number of fused-ring (bicyclic) bond motifs is 2. The highest BCUT2D eigenvalue weighted by Gasteiger charge is 2.52. The number of anilines is 2. The van der Waals surface area contributed by atoms with E-state index in [1.54, 1.807) is 0 Å². The van der Waals surface area contributed by atoms with Crippen LogP contribution in [0.15, 0.2) is 66.7 Å². The van der Waals surface area contributed by atoms with E-state index in [9.17, 15) is 4.79 Å². The van der Waals surface area contributed by atoms with E-state index in [0.29, 0.717) is 12.0 Å². The zero-order valence-electron chi connectivity index (χ0n) is 20.6. The molecule has 0 saturated heterocycles. The summed E-state index contributed by atoms with van der Waals surface area (Å²) in [5.41, 5.74) is 2.62. The summed E-state index contributed by atoms with van der Waals surface area (Å²) < 4.78 is 0. The van der Waals surface area contributed by atoms with Crippen molar-refractivity contribution in [3.05, 3.63) is 72.3 Å². The molecule has 2 aliphatic carbocycles. The maximum atomic E-state index is 14.3. The Morgan fingerprint density at radius 3 is 2.03 bits per heavy atom. The van der Waals surface area contributed by atoms with E-state index < -0.39 is 5.66 Å². The first-order valence-corrected chi connectivity index (χ1v) is 13.7. The number of amides is 1. The van der Waals surface area contributed by atoms with Crippen LogP contribution in [0, 0.1) is 11.8 Å². The molecule has 0 radical (unpaired) electrons. The molecule has 1 atom stereocenters. The van der Waals surface area contributed by atoms with Crippen LogP contribution in [-0.4, -0.2) is 11.9 Å². The van der Waals surface area contributed by atoms with E-state index >= 15 is 0 Å². The predicted molar refractivity (Wildman–Crippen MR) is 144 cm³/mol. The van der Waals surface area contributed by atoms with Crippen LogP contribution in [0.5, 0.6) is 0 Å². The van der Waals surface area contributed by atoms with Crippen LogP contribution < -0.4 is 16.0 Å². The van der Waals surface area contributed by atoms with E-state index in [2.05, 4.69) is 82.7 Å². The van der Waals surface area contributed by atoms with E-state index in [1.165, 1.54) is 49.3 Å². The molecule has 1 aliphatic heterocycles. The van der Waals surface area contributed by atoms with Gasteiger partial charge in [0.25, 0.3) is 0 Å². The summed E-state index contributed by atoms with van der Waals surface area (Å²) >= 11 is 0. The maximum Gasteiger partial charge on any atom is 0.228 e. The molecule has 4 heteroatoms. The number of carbonyl (C=O) groups excluding carboxylic acids is 1. The van der Waals surface area contributed by atoms with Crippen LogP contribution in [0.25, 0.3) is 10.8 Å². The normalized spacial score (nSPS) is 21.0. The summed E-state index contributed by atoms with van der Waals surface area (Å²) in [5.74, 6) is 0.358. The minimum Gasteiger partial charge on any atom is -0.357 e. The van der Waals surface area contributed by atoms with E-state index in [1.807, 2.05) is 0 Å². The van der Waals surface area contributed by atoms with Crippen LogP contribution in [0.4, 0.5) is 11.4 Å². The van der Waals surface area contributed by atoms with Gasteiger partial charge in [0.05, 0.1) is 17.3 Å². The van der Waals surface area contributed by atoms with Crippen LogP contribution in [-0.2, 0) is 10.5 Å². The Balaban J connectivity index is 1.46. The highest BCUT2D eigenvalue weighted by Crippen LogP contribution is 2.49. The predicted octanol–water partition coefficient (Wildman–Crippen LogP) is 7.18. The Kier molecular flexibility index (Phi) is 6.13. The van der Waals surface area contributed by atoms with Gasteiger partial charge in [0.2, 0.25) is 5.91 Å². The molecule has 35 heavy (non-hydrogen) atoms. The van der Waals surface area contributed by atoms with Crippen LogP contribution in [0.2, 0.25) is 0 Å². The van der Waals surface area contributed by atoms with Crippen molar-refractivity contribution in [3.8, 4) is 0 Å². The van der Waals surface area contributed by atoms with Crippen molar-refractivity contribution in [2.45, 2.75) is 75.9 Å². The third-order valence-electron chi connectivity index (χ3n) is 8.62. The Bertz CT molecular complexity index is 1170. The quantitative estimate of drug-likeness (QED) is 0.373. The van der Waals surface area contributed by atoms with Crippen LogP contribution in [0.1, 0.15) is 69.8 Å². The highest BCUT2D eigenvalue weighted by molar-refractivity contribution is 5.89. The third-order valence-corrected chi connectivity index (χ3v) is 8.62. The highest BCUT2D eigenvalue weighted by atomic mass is 16.2. The van der Waals surface area contributed by atoms with Gasteiger partial charge < -0.3 is 16.0 Å². The van der Waals surface area contributed by atoms with Crippen molar-refractivity contribution in [3.63, 3.8) is 0 Å². The number of benzene rings is 3. The van der Waals surface area contributed by atoms with Crippen molar-refractivity contribution >= 4 is 28.1 Å². The standard InChI is InChI=1S/C31H37N3O/c35-30(32-26-15-5-2-6-16-26)29(23-12-3-1-4-13-23)31(33-27-17-9-10-18-28(27)34-31)25-20-19-22-11-7-8-14-24(22)21-25/h7-11,14,17-21,23,26,29,33-34H,1-6,12-13,15-16H2,(H,32,35). The van der Waals surface area contributed by atoms with Gasteiger partial charge in [-0.2, -0.15) is 0 Å². The van der Waals surface area contributed by atoms with Crippen LogP contribution >= 0.6 is 0 Å². The van der Waals surface area contributed by atoms with Crippen molar-refractivity contribution in [2.24, 2.45) is 11.8 Å². The van der Waals surface area contributed by atoms with Gasteiger partial charge in [-0.25, -0.2) is 0 Å². The Morgan fingerprint density at radius 1 is 0.743 bits per heavy atom. The molecular formula is C31H37N3O. The second-order valence-electron chi connectivity index (χ2n) is 10.9. The molecule has 0 bridgehead atoms. The summed E-state index contributed by atoms with van der Waals surface area (Å²) in [6, 6.07) is 23.9. The molecule has 3 N–H and O–H groups in total. The second kappa shape index (κ2) is 9.56. The average molecular weight is 468 g/mol. The summed E-state index contributed by atoms with van der Waals surface area (Å²) in [5, 5.41) is 13.7. The summed E-state index contributed by atoms with van der Waals surface area (Å²) in [7, 11) is 0. The lowest BCUT2D eigenvalue weighted by molar-refractivity contribution is -0.130. The first kappa shape index (κ1) is 22.5. The largest absolute Gasteiger partial charge is 0.357 e. The number of hydrogen-bond acceptors (Lipinski definition) is 3. The molecule has 2 fully saturated rings. The molecule has 0 aromatic heterocycles. The monoisotopic (exact) mass is 467 g/mol. The van der Waals surface area contributed by atoms with E-state index in [-0.39, 0.29) is 11.8 Å². The minimum atomic E-state index is -0.672. The topological polar surface area (TPSA) is 53.2 Å². The molecule has 2 saturated carbocycles. The molecule has 182 valence electrons. The third kappa shape index (κ3) is 4.28. The molecule has 4 nitrogen and oxygen atoms in total. The summed E-state index contributed by atoms with van der Waals surface area (Å²) in [4.78, 5) is 14.3. The fourth-order valence-corrected chi connectivity index (χ4v) is 6.84. The lowest BCUT2D eigenvalue weighted by Crippen LogP contribution is -2.56. The maximum absolute atomic E-state index is 14.3. The van der Waals surface area contributed by atoms with Gasteiger partial charge in [0.1, 0.15) is 5.66 Å². The Labute approximate surface area is 208 Å². The smallest absolute Gasteiger partial charge is 0.228 e. The van der Waals surface area contributed by atoms with Gasteiger partial charge in [-0.3, -0.25) is 4.79 Å². The van der Waals surface area contributed by atoms with Crippen molar-refractivity contribution in [1.82, 2.24) is 5.32 Å². The second-order valence-corrected chi connectivity index (χ2v) is 10.9. The van der Waals surface area contributed by atoms with Crippen molar-refractivity contribution < 1.29 is 4.79 Å². The molecular weight excluding hydrogens is 430 g/mol. The van der Waals surface area contributed by atoms with Crippen LogP contribution in [0.3, 0.4) is 0 Å². The van der Waals surface area contributed by atoms with Gasteiger partial charge >= 0.3 is 0 Å². The van der Waals surface area contributed by atoms with Gasteiger partial charge in [-0.05, 0) is 66.1 Å². The van der Waals surface area contributed by atoms with Crippen molar-refractivity contribution in [2.75, 3.05) is 10.6 Å².